The maximum absolute atomic E-state index is 12.2. The van der Waals surface area contributed by atoms with Crippen molar-refractivity contribution in [3.05, 3.63) is 35.2 Å². The molecule has 0 fully saturated rings. The maximum atomic E-state index is 12.2. The van der Waals surface area contributed by atoms with Crippen molar-refractivity contribution in [2.75, 3.05) is 11.8 Å². The van der Waals surface area contributed by atoms with Gasteiger partial charge in [0.05, 0.1) is 7.11 Å². The molecule has 0 aliphatic rings. The largest absolute Gasteiger partial charge is 0.506 e. The van der Waals surface area contributed by atoms with Gasteiger partial charge in [-0.1, -0.05) is 6.07 Å². The average Bonchev–Trinajstić information content (AvgIpc) is 2.79. The smallest absolute Gasteiger partial charge is 0.271 e. The molecule has 7 heteroatoms. The quantitative estimate of drug-likeness (QED) is 0.851. The van der Waals surface area contributed by atoms with E-state index in [2.05, 4.69) is 4.72 Å². The van der Waals surface area contributed by atoms with E-state index in [0.717, 1.165) is 16.2 Å². The Balaban J connectivity index is 2.41. The molecule has 1 aromatic heterocycles. The van der Waals surface area contributed by atoms with Crippen LogP contribution in [0.5, 0.6) is 11.5 Å². The zero-order valence-electron chi connectivity index (χ0n) is 10.4. The molecule has 0 aliphatic carbocycles. The molecule has 0 aliphatic heterocycles. The summed E-state index contributed by atoms with van der Waals surface area (Å²) in [6.07, 6.45) is 0. The Morgan fingerprint density at radius 3 is 2.58 bits per heavy atom. The second-order valence-electron chi connectivity index (χ2n) is 3.82. The van der Waals surface area contributed by atoms with Crippen LogP contribution >= 0.6 is 11.3 Å². The Bertz CT molecular complexity index is 692. The van der Waals surface area contributed by atoms with E-state index in [4.69, 9.17) is 4.74 Å². The van der Waals surface area contributed by atoms with Crippen molar-refractivity contribution in [3.63, 3.8) is 0 Å². The van der Waals surface area contributed by atoms with Crippen LogP contribution in [-0.2, 0) is 10.0 Å². The lowest BCUT2D eigenvalue weighted by atomic mass is 10.3. The first-order valence-electron chi connectivity index (χ1n) is 5.39. The van der Waals surface area contributed by atoms with Crippen molar-refractivity contribution in [1.29, 1.82) is 0 Å². The Labute approximate surface area is 115 Å². The zero-order valence-corrected chi connectivity index (χ0v) is 12.0. The monoisotopic (exact) mass is 299 g/mol. The van der Waals surface area contributed by atoms with Crippen molar-refractivity contribution >= 4 is 27.0 Å². The van der Waals surface area contributed by atoms with E-state index in [1.165, 1.54) is 19.2 Å². The van der Waals surface area contributed by atoms with Crippen LogP contribution in [0.15, 0.2) is 34.5 Å². The van der Waals surface area contributed by atoms with Gasteiger partial charge >= 0.3 is 0 Å². The van der Waals surface area contributed by atoms with Crippen LogP contribution in [0, 0.1) is 6.92 Å². The van der Waals surface area contributed by atoms with E-state index in [9.17, 15) is 13.5 Å². The molecule has 0 radical (unpaired) electrons. The predicted molar refractivity (Wildman–Crippen MR) is 74.5 cm³/mol. The molecule has 2 rings (SSSR count). The lowest BCUT2D eigenvalue weighted by Gasteiger charge is -2.12. The van der Waals surface area contributed by atoms with Crippen LogP contribution in [0.1, 0.15) is 4.88 Å². The number of thiophene rings is 1. The number of sulfonamides is 1. The van der Waals surface area contributed by atoms with Gasteiger partial charge in [-0.15, -0.1) is 11.3 Å². The number of benzene rings is 1. The number of anilines is 1. The first-order valence-corrected chi connectivity index (χ1v) is 7.69. The summed E-state index contributed by atoms with van der Waals surface area (Å²) in [7, 11) is -2.31. The van der Waals surface area contributed by atoms with E-state index in [0.29, 0.717) is 0 Å². The van der Waals surface area contributed by atoms with Gasteiger partial charge in [0, 0.05) is 4.88 Å². The molecule has 2 aromatic rings. The highest BCUT2D eigenvalue weighted by Crippen LogP contribution is 2.35. The van der Waals surface area contributed by atoms with Crippen LogP contribution in [0.4, 0.5) is 5.69 Å². The number of aryl methyl sites for hydroxylation is 1. The van der Waals surface area contributed by atoms with E-state index in [1.54, 1.807) is 18.2 Å². The molecule has 1 aromatic carbocycles. The van der Waals surface area contributed by atoms with Crippen LogP contribution in [0.3, 0.4) is 0 Å². The molecular weight excluding hydrogens is 286 g/mol. The van der Waals surface area contributed by atoms with E-state index < -0.39 is 10.0 Å². The number of methoxy groups -OCH3 is 1. The molecule has 0 spiro atoms. The fourth-order valence-corrected chi connectivity index (χ4v) is 3.90. The van der Waals surface area contributed by atoms with Gasteiger partial charge in [0.15, 0.2) is 0 Å². The molecule has 2 N–H and O–H groups in total. The summed E-state index contributed by atoms with van der Waals surface area (Å²) in [6.45, 7) is 1.82. The number of aromatic hydroxyl groups is 1. The van der Waals surface area contributed by atoms with Gasteiger partial charge < -0.3 is 9.84 Å². The summed E-state index contributed by atoms with van der Waals surface area (Å²) >= 11 is 1.16. The summed E-state index contributed by atoms with van der Waals surface area (Å²) in [5.41, 5.74) is 0.0380. The molecular formula is C12H13NO4S2. The minimum absolute atomic E-state index is 0.0380. The molecule has 0 amide bonds. The van der Waals surface area contributed by atoms with Gasteiger partial charge in [0.2, 0.25) is 0 Å². The number of ether oxygens (including phenoxy) is 1. The summed E-state index contributed by atoms with van der Waals surface area (Å²) < 4.78 is 31.9. The van der Waals surface area contributed by atoms with Gasteiger partial charge in [-0.3, -0.25) is 4.72 Å². The van der Waals surface area contributed by atoms with Crippen LogP contribution < -0.4 is 9.46 Å². The lowest BCUT2D eigenvalue weighted by Crippen LogP contribution is -2.12. The van der Waals surface area contributed by atoms with Crippen molar-refractivity contribution < 1.29 is 18.3 Å². The van der Waals surface area contributed by atoms with E-state index in [-0.39, 0.29) is 21.4 Å². The van der Waals surface area contributed by atoms with E-state index >= 15 is 0 Å². The molecule has 19 heavy (non-hydrogen) atoms. The maximum Gasteiger partial charge on any atom is 0.271 e. The van der Waals surface area contributed by atoms with Crippen molar-refractivity contribution in [2.45, 2.75) is 11.1 Å². The Morgan fingerprint density at radius 1 is 1.26 bits per heavy atom. The highest BCUT2D eigenvalue weighted by atomic mass is 32.2. The first-order chi connectivity index (χ1) is 8.94. The van der Waals surface area contributed by atoms with E-state index in [1.807, 2.05) is 6.92 Å². The topological polar surface area (TPSA) is 75.6 Å². The summed E-state index contributed by atoms with van der Waals surface area (Å²) in [6, 6.07) is 7.77. The zero-order chi connectivity index (χ0) is 14.0. The molecule has 102 valence electrons. The molecule has 0 atom stereocenters. The average molecular weight is 299 g/mol. The van der Waals surface area contributed by atoms with Gasteiger partial charge in [0.25, 0.3) is 10.0 Å². The third-order valence-electron chi connectivity index (χ3n) is 2.44. The fourth-order valence-electron chi connectivity index (χ4n) is 1.53. The Morgan fingerprint density at radius 2 is 2.00 bits per heavy atom. The number of hydrogen-bond donors (Lipinski definition) is 2. The number of phenols is 1. The third kappa shape index (κ3) is 2.82. The van der Waals surface area contributed by atoms with Crippen molar-refractivity contribution in [2.24, 2.45) is 0 Å². The highest BCUT2D eigenvalue weighted by molar-refractivity contribution is 7.94. The van der Waals surface area contributed by atoms with Crippen molar-refractivity contribution in [1.82, 2.24) is 0 Å². The first kappa shape index (κ1) is 13.7. The SMILES string of the molecule is COc1cccc(O)c1NS(=O)(=O)c1ccc(C)s1. The number of para-hydroxylation sites is 1. The summed E-state index contributed by atoms with van der Waals surface area (Å²) in [5, 5.41) is 9.73. The summed E-state index contributed by atoms with van der Waals surface area (Å²) in [4.78, 5) is 0.893. The lowest BCUT2D eigenvalue weighted by molar-refractivity contribution is 0.411. The minimum Gasteiger partial charge on any atom is -0.506 e. The molecule has 5 nitrogen and oxygen atoms in total. The second kappa shape index (κ2) is 5.10. The minimum atomic E-state index is -3.72. The fraction of sp³-hybridized carbons (Fsp3) is 0.167. The van der Waals surface area contributed by atoms with Crippen LogP contribution in [-0.4, -0.2) is 20.6 Å². The predicted octanol–water partition coefficient (Wildman–Crippen LogP) is 2.57. The number of phenolic OH excluding ortho intramolecular Hbond substituents is 1. The third-order valence-corrected chi connectivity index (χ3v) is 5.28. The van der Waals surface area contributed by atoms with Crippen LogP contribution in [0.25, 0.3) is 0 Å². The molecule has 0 saturated heterocycles. The van der Waals surface area contributed by atoms with Crippen molar-refractivity contribution in [3.8, 4) is 11.5 Å². The number of rotatable bonds is 4. The Hall–Kier alpha value is -1.73. The molecule has 0 saturated carbocycles. The molecule has 0 unspecified atom stereocenters. The molecule has 0 bridgehead atoms. The van der Waals surface area contributed by atoms with Gasteiger partial charge in [-0.2, -0.15) is 0 Å². The number of nitrogens with one attached hydrogen (secondary N) is 1. The normalized spacial score (nSPS) is 11.3. The van der Waals surface area contributed by atoms with Crippen LogP contribution in [0.2, 0.25) is 0 Å². The molecule has 1 heterocycles. The Kier molecular flexibility index (Phi) is 3.68. The second-order valence-corrected chi connectivity index (χ2v) is 7.02. The van der Waals surface area contributed by atoms with Gasteiger partial charge in [-0.25, -0.2) is 8.42 Å². The standard InChI is InChI=1S/C12H13NO4S2/c1-8-6-7-11(18-8)19(15,16)13-12-9(14)4-3-5-10(12)17-2/h3-7,13-14H,1-2H3. The summed E-state index contributed by atoms with van der Waals surface area (Å²) in [5.74, 6) is 0.0769. The highest BCUT2D eigenvalue weighted by Gasteiger charge is 2.20. The van der Waals surface area contributed by atoms with Gasteiger partial charge in [0.1, 0.15) is 21.4 Å². The van der Waals surface area contributed by atoms with Gasteiger partial charge in [-0.05, 0) is 31.2 Å². The number of hydrogen-bond acceptors (Lipinski definition) is 5.